The molecule has 0 saturated heterocycles. The Labute approximate surface area is 98.2 Å². The van der Waals surface area contributed by atoms with E-state index in [4.69, 9.17) is 0 Å². The van der Waals surface area contributed by atoms with Crippen molar-refractivity contribution >= 4 is 0 Å². The molecule has 2 heteroatoms. The van der Waals surface area contributed by atoms with Gasteiger partial charge in [-0.15, -0.1) is 0 Å². The molecule has 88 valence electrons. The normalized spacial score (nSPS) is 12.8. The van der Waals surface area contributed by atoms with Crippen molar-refractivity contribution in [2.45, 2.75) is 26.4 Å². The monoisotopic (exact) mass is 219 g/mol. The summed E-state index contributed by atoms with van der Waals surface area (Å²) in [5, 5.41) is 9.22. The summed E-state index contributed by atoms with van der Waals surface area (Å²) in [6, 6.07) is 10.5. The van der Waals surface area contributed by atoms with Gasteiger partial charge in [0.15, 0.2) is 0 Å². The second-order valence-electron chi connectivity index (χ2n) is 4.38. The maximum absolute atomic E-state index is 9.22. The van der Waals surface area contributed by atoms with Crippen molar-refractivity contribution in [3.63, 3.8) is 0 Å². The molecule has 1 rings (SSSR count). The number of benzene rings is 1. The van der Waals surface area contributed by atoms with E-state index < -0.39 is 0 Å². The van der Waals surface area contributed by atoms with Crippen molar-refractivity contribution in [2.75, 3.05) is 13.2 Å². The molecule has 0 aliphatic carbocycles. The van der Waals surface area contributed by atoms with Crippen LogP contribution in [0.5, 0.6) is 0 Å². The Morgan fingerprint density at radius 3 is 2.50 bits per heavy atom. The van der Waals surface area contributed by atoms with Crippen LogP contribution in [0.1, 0.15) is 19.4 Å². The molecule has 0 spiro atoms. The molecule has 1 N–H and O–H groups in total. The molecule has 1 atom stereocenters. The first-order valence-corrected chi connectivity index (χ1v) is 5.66. The van der Waals surface area contributed by atoms with E-state index in [1.54, 1.807) is 0 Å². The average Bonchev–Trinajstić information content (AvgIpc) is 2.28. The first-order chi connectivity index (χ1) is 7.63. The topological polar surface area (TPSA) is 23.5 Å². The molecule has 0 saturated carbocycles. The molecule has 0 amide bonds. The van der Waals surface area contributed by atoms with E-state index in [1.807, 2.05) is 32.0 Å². The molecule has 1 aromatic rings. The summed E-state index contributed by atoms with van der Waals surface area (Å²) >= 11 is 0. The van der Waals surface area contributed by atoms with Gasteiger partial charge in [-0.3, -0.25) is 4.90 Å². The number of aliphatic hydroxyl groups excluding tert-OH is 1. The van der Waals surface area contributed by atoms with E-state index in [-0.39, 0.29) is 12.6 Å². The fraction of sp³-hybridized carbons (Fsp3) is 0.429. The van der Waals surface area contributed by atoms with Gasteiger partial charge in [-0.05, 0) is 19.4 Å². The molecule has 0 unspecified atom stereocenters. The standard InChI is InChI=1S/C14H21NO/c1-12(2)9-15(13(3)11-16)10-14-7-5-4-6-8-14/h4-8,13,16H,1,9-11H2,2-3H3/t13-/m1/s1. The molecule has 0 heterocycles. The van der Waals surface area contributed by atoms with E-state index in [2.05, 4.69) is 23.6 Å². The van der Waals surface area contributed by atoms with Crippen LogP contribution < -0.4 is 0 Å². The average molecular weight is 219 g/mol. The van der Waals surface area contributed by atoms with Crippen molar-refractivity contribution in [3.05, 3.63) is 48.0 Å². The molecule has 0 aliphatic heterocycles. The molecular weight excluding hydrogens is 198 g/mol. The highest BCUT2D eigenvalue weighted by Crippen LogP contribution is 2.09. The largest absolute Gasteiger partial charge is 0.395 e. The Bertz CT molecular complexity index is 321. The molecule has 16 heavy (non-hydrogen) atoms. The Balaban J connectivity index is 2.67. The zero-order valence-electron chi connectivity index (χ0n) is 10.2. The quantitative estimate of drug-likeness (QED) is 0.743. The number of rotatable bonds is 6. The van der Waals surface area contributed by atoms with Gasteiger partial charge in [0, 0.05) is 19.1 Å². The zero-order chi connectivity index (χ0) is 12.0. The minimum atomic E-state index is 0.164. The van der Waals surface area contributed by atoms with Gasteiger partial charge >= 0.3 is 0 Å². The van der Waals surface area contributed by atoms with Crippen LogP contribution >= 0.6 is 0 Å². The van der Waals surface area contributed by atoms with Crippen molar-refractivity contribution in [3.8, 4) is 0 Å². The van der Waals surface area contributed by atoms with Crippen LogP contribution in [0.15, 0.2) is 42.5 Å². The molecule has 0 fully saturated rings. The predicted molar refractivity (Wildman–Crippen MR) is 68.2 cm³/mol. The van der Waals surface area contributed by atoms with E-state index in [0.717, 1.165) is 18.7 Å². The fourth-order valence-electron chi connectivity index (χ4n) is 1.65. The van der Waals surface area contributed by atoms with Crippen LogP contribution in [0.25, 0.3) is 0 Å². The van der Waals surface area contributed by atoms with Crippen LogP contribution in [0.2, 0.25) is 0 Å². The van der Waals surface area contributed by atoms with Gasteiger partial charge in [0.05, 0.1) is 6.61 Å². The number of nitrogens with zero attached hydrogens (tertiary/aromatic N) is 1. The summed E-state index contributed by atoms with van der Waals surface area (Å²) < 4.78 is 0. The van der Waals surface area contributed by atoms with E-state index >= 15 is 0 Å². The summed E-state index contributed by atoms with van der Waals surface area (Å²) in [7, 11) is 0. The van der Waals surface area contributed by atoms with Crippen LogP contribution in [0.3, 0.4) is 0 Å². The summed E-state index contributed by atoms with van der Waals surface area (Å²) in [6.45, 7) is 9.85. The first-order valence-electron chi connectivity index (χ1n) is 5.66. The SMILES string of the molecule is C=C(C)CN(Cc1ccccc1)[C@H](C)CO. The predicted octanol–water partition coefficient (Wildman–Crippen LogP) is 2.45. The molecule has 0 bridgehead atoms. The van der Waals surface area contributed by atoms with Crippen LogP contribution in [0.4, 0.5) is 0 Å². The van der Waals surface area contributed by atoms with Crippen LogP contribution in [0, 0.1) is 0 Å². The molecule has 2 nitrogen and oxygen atoms in total. The lowest BCUT2D eigenvalue weighted by Crippen LogP contribution is -2.36. The lowest BCUT2D eigenvalue weighted by Gasteiger charge is -2.28. The third kappa shape index (κ3) is 4.17. The summed E-state index contributed by atoms with van der Waals surface area (Å²) in [5.74, 6) is 0. The summed E-state index contributed by atoms with van der Waals surface area (Å²) in [6.07, 6.45) is 0. The third-order valence-electron chi connectivity index (χ3n) is 2.59. The van der Waals surface area contributed by atoms with E-state index in [0.29, 0.717) is 0 Å². The smallest absolute Gasteiger partial charge is 0.0584 e. The number of hydrogen-bond donors (Lipinski definition) is 1. The van der Waals surface area contributed by atoms with Gasteiger partial charge in [0.25, 0.3) is 0 Å². The first kappa shape index (κ1) is 12.9. The minimum Gasteiger partial charge on any atom is -0.395 e. The molecule has 0 aromatic heterocycles. The number of hydrogen-bond acceptors (Lipinski definition) is 2. The maximum Gasteiger partial charge on any atom is 0.0584 e. The second kappa shape index (κ2) is 6.46. The Hall–Kier alpha value is -1.12. The minimum absolute atomic E-state index is 0.164. The van der Waals surface area contributed by atoms with Crippen molar-refractivity contribution in [1.82, 2.24) is 4.90 Å². The Kier molecular flexibility index (Phi) is 5.23. The molecule has 0 radical (unpaired) electrons. The van der Waals surface area contributed by atoms with Gasteiger partial charge in [0.2, 0.25) is 0 Å². The van der Waals surface area contributed by atoms with Crippen LogP contribution in [-0.2, 0) is 6.54 Å². The Morgan fingerprint density at radius 1 is 1.38 bits per heavy atom. The lowest BCUT2D eigenvalue weighted by molar-refractivity contribution is 0.137. The summed E-state index contributed by atoms with van der Waals surface area (Å²) in [5.41, 5.74) is 2.39. The lowest BCUT2D eigenvalue weighted by atomic mass is 10.1. The van der Waals surface area contributed by atoms with E-state index in [1.165, 1.54) is 5.56 Å². The number of aliphatic hydroxyl groups is 1. The molecular formula is C14H21NO. The fourth-order valence-corrected chi connectivity index (χ4v) is 1.65. The highest BCUT2D eigenvalue weighted by atomic mass is 16.3. The van der Waals surface area contributed by atoms with Crippen molar-refractivity contribution in [1.29, 1.82) is 0 Å². The zero-order valence-corrected chi connectivity index (χ0v) is 10.2. The van der Waals surface area contributed by atoms with Crippen LogP contribution in [-0.4, -0.2) is 29.2 Å². The van der Waals surface area contributed by atoms with Gasteiger partial charge in [0.1, 0.15) is 0 Å². The van der Waals surface area contributed by atoms with Gasteiger partial charge in [-0.1, -0.05) is 42.5 Å². The van der Waals surface area contributed by atoms with Gasteiger partial charge in [-0.25, -0.2) is 0 Å². The second-order valence-corrected chi connectivity index (χ2v) is 4.38. The maximum atomic E-state index is 9.22. The molecule has 1 aromatic carbocycles. The van der Waals surface area contributed by atoms with Crippen molar-refractivity contribution in [2.24, 2.45) is 0 Å². The van der Waals surface area contributed by atoms with Gasteiger partial charge in [-0.2, -0.15) is 0 Å². The van der Waals surface area contributed by atoms with E-state index in [9.17, 15) is 5.11 Å². The van der Waals surface area contributed by atoms with Gasteiger partial charge < -0.3 is 5.11 Å². The van der Waals surface area contributed by atoms with Crippen molar-refractivity contribution < 1.29 is 5.11 Å². The third-order valence-corrected chi connectivity index (χ3v) is 2.59. The highest BCUT2D eigenvalue weighted by Gasteiger charge is 2.12. The molecule has 0 aliphatic rings. The highest BCUT2D eigenvalue weighted by molar-refractivity contribution is 5.15. The summed E-state index contributed by atoms with van der Waals surface area (Å²) in [4.78, 5) is 2.23. The Morgan fingerprint density at radius 2 is 2.00 bits per heavy atom.